The Labute approximate surface area is 232 Å². The van der Waals surface area contributed by atoms with E-state index in [-0.39, 0.29) is 30.2 Å². The van der Waals surface area contributed by atoms with Gasteiger partial charge in [-0.2, -0.15) is 4.98 Å². The number of fused-ring (bicyclic) bond motifs is 1. The summed E-state index contributed by atoms with van der Waals surface area (Å²) in [6.07, 6.45) is 1.99. The molecule has 1 aromatic heterocycles. The molecule has 4 atom stereocenters. The maximum atomic E-state index is 9.96. The van der Waals surface area contributed by atoms with Crippen LogP contribution in [-0.4, -0.2) is 115 Å². The van der Waals surface area contributed by atoms with Gasteiger partial charge < -0.3 is 34.4 Å². The second-order valence-corrected chi connectivity index (χ2v) is 11.3. The van der Waals surface area contributed by atoms with Gasteiger partial charge in [0.15, 0.2) is 6.10 Å². The fraction of sp³-hybridized carbons (Fsp3) is 0.615. The number of halogens is 2. The number of ether oxygens (including phenoxy) is 3. The molecule has 12 heteroatoms. The topological polar surface area (TPSA) is 95.5 Å². The van der Waals surface area contributed by atoms with E-state index < -0.39 is 18.3 Å². The average molecular weight is 566 g/mol. The number of nitrogens with one attached hydrogen (secondary N) is 1. The van der Waals surface area contributed by atoms with E-state index in [2.05, 4.69) is 43.1 Å². The number of hydrogen-bond acceptors (Lipinski definition) is 10. The first-order valence-electron chi connectivity index (χ1n) is 13.3. The van der Waals surface area contributed by atoms with Crippen LogP contribution in [0.5, 0.6) is 5.88 Å². The van der Waals surface area contributed by atoms with Crippen molar-refractivity contribution in [2.45, 2.75) is 43.3 Å². The fourth-order valence-corrected chi connectivity index (χ4v) is 6.14. The van der Waals surface area contributed by atoms with Gasteiger partial charge in [0.25, 0.3) is 0 Å². The smallest absolute Gasteiger partial charge is 0.237 e. The second-order valence-electron chi connectivity index (χ2n) is 10.5. The zero-order valence-corrected chi connectivity index (χ0v) is 22.9. The molecule has 1 aromatic carbocycles. The minimum absolute atomic E-state index is 0.222. The predicted octanol–water partition coefficient (Wildman–Crippen LogP) is 2.65. The van der Waals surface area contributed by atoms with Gasteiger partial charge in [-0.15, -0.1) is 0 Å². The highest BCUT2D eigenvalue weighted by molar-refractivity contribution is 6.33. The lowest BCUT2D eigenvalue weighted by molar-refractivity contribution is 0.00782. The maximum absolute atomic E-state index is 9.96. The summed E-state index contributed by atoms with van der Waals surface area (Å²) in [5.41, 5.74) is 1.82. The van der Waals surface area contributed by atoms with E-state index >= 15 is 0 Å². The van der Waals surface area contributed by atoms with E-state index in [1.807, 2.05) is 12.1 Å². The van der Waals surface area contributed by atoms with Crippen molar-refractivity contribution in [3.63, 3.8) is 0 Å². The van der Waals surface area contributed by atoms with Gasteiger partial charge in [0.1, 0.15) is 23.3 Å². The van der Waals surface area contributed by atoms with Gasteiger partial charge >= 0.3 is 0 Å². The molecule has 206 valence electrons. The number of anilines is 3. The number of likely N-dealkylation sites (N-methyl/N-ethyl adjacent to an activating group) is 1. The van der Waals surface area contributed by atoms with Crippen molar-refractivity contribution in [3.05, 3.63) is 34.4 Å². The summed E-state index contributed by atoms with van der Waals surface area (Å²) in [4.78, 5) is 16.2. The zero-order valence-electron chi connectivity index (χ0n) is 21.4. The Kier molecular flexibility index (Phi) is 7.82. The van der Waals surface area contributed by atoms with Crippen LogP contribution in [0.2, 0.25) is 10.0 Å². The van der Waals surface area contributed by atoms with Gasteiger partial charge in [-0.25, -0.2) is 4.98 Å². The summed E-state index contributed by atoms with van der Waals surface area (Å²) in [5.74, 6) is 0.536. The van der Waals surface area contributed by atoms with Crippen molar-refractivity contribution in [2.24, 2.45) is 0 Å². The van der Waals surface area contributed by atoms with E-state index in [0.29, 0.717) is 22.7 Å². The van der Waals surface area contributed by atoms with Crippen LogP contribution in [-0.2, 0) is 9.47 Å². The summed E-state index contributed by atoms with van der Waals surface area (Å²) in [6.45, 7) is 7.20. The summed E-state index contributed by atoms with van der Waals surface area (Å²) >= 11 is 13.0. The van der Waals surface area contributed by atoms with Crippen LogP contribution in [0.4, 0.5) is 17.3 Å². The summed E-state index contributed by atoms with van der Waals surface area (Å²) < 4.78 is 17.3. The van der Waals surface area contributed by atoms with E-state index in [9.17, 15) is 5.11 Å². The molecular formula is C26H34Cl2N6O4. The van der Waals surface area contributed by atoms with Crippen molar-refractivity contribution in [1.29, 1.82) is 0 Å². The van der Waals surface area contributed by atoms with Crippen LogP contribution in [0.15, 0.2) is 24.4 Å². The number of aliphatic hydroxyl groups is 1. The lowest BCUT2D eigenvalue weighted by Crippen LogP contribution is -2.52. The minimum Gasteiger partial charge on any atom is -0.468 e. The van der Waals surface area contributed by atoms with Gasteiger partial charge in [-0.3, -0.25) is 4.90 Å². The van der Waals surface area contributed by atoms with Crippen LogP contribution in [0, 0.1) is 0 Å². The van der Waals surface area contributed by atoms with Crippen molar-refractivity contribution >= 4 is 40.5 Å². The number of aliphatic hydroxyl groups excluding tert-OH is 1. The van der Waals surface area contributed by atoms with Gasteiger partial charge in [-0.05, 0) is 38.1 Å². The molecule has 4 saturated heterocycles. The third-order valence-corrected chi connectivity index (χ3v) is 8.61. The molecule has 2 N–H and O–H groups in total. The number of benzene rings is 1. The van der Waals surface area contributed by atoms with Crippen LogP contribution < -0.4 is 15.0 Å². The van der Waals surface area contributed by atoms with Gasteiger partial charge in [0, 0.05) is 51.0 Å². The van der Waals surface area contributed by atoms with Gasteiger partial charge in [-0.1, -0.05) is 23.2 Å². The van der Waals surface area contributed by atoms with E-state index in [0.717, 1.165) is 31.9 Å². The standard InChI is InChI=1S/C26H34Cl2N6O4/c1-32-8-10-34(11-9-32)16-4-6-33(7-5-16)17-2-3-20(18(27)12-17)30-26-29-13-19(28)25(31-26)38-22-15-37-23-21(35)14-36-24(22)23/h2-3,12-13,16,21-24,35H,4-11,14-15H2,1H3,(H,29,30,31)/t21-,22-,23-,24-/m1/s1. The lowest BCUT2D eigenvalue weighted by atomic mass is 10.0. The molecule has 38 heavy (non-hydrogen) atoms. The van der Waals surface area contributed by atoms with Crippen molar-refractivity contribution < 1.29 is 19.3 Å². The molecular weight excluding hydrogens is 531 g/mol. The highest BCUT2D eigenvalue weighted by Gasteiger charge is 2.48. The first kappa shape index (κ1) is 26.3. The Balaban J connectivity index is 1.07. The maximum Gasteiger partial charge on any atom is 0.237 e. The average Bonchev–Trinajstić information content (AvgIpc) is 3.50. The zero-order chi connectivity index (χ0) is 26.2. The molecule has 2 aromatic rings. The Morgan fingerprint density at radius 1 is 1.00 bits per heavy atom. The Morgan fingerprint density at radius 2 is 1.76 bits per heavy atom. The molecule has 5 heterocycles. The quantitative estimate of drug-likeness (QED) is 0.545. The van der Waals surface area contributed by atoms with Crippen molar-refractivity contribution in [3.8, 4) is 5.88 Å². The van der Waals surface area contributed by atoms with Crippen LogP contribution >= 0.6 is 23.2 Å². The molecule has 0 bridgehead atoms. The highest BCUT2D eigenvalue weighted by Crippen LogP contribution is 2.34. The van der Waals surface area contributed by atoms with Crippen molar-refractivity contribution in [2.75, 3.05) is 69.7 Å². The SMILES string of the molecule is CN1CCN(C2CCN(c3ccc(Nc4ncc(Cl)c(O[C@@H]5CO[C@H]6[C@@H]5OC[C@H]6O)n4)c(Cl)c3)CC2)CC1. The molecule has 0 spiro atoms. The lowest BCUT2D eigenvalue weighted by Gasteiger charge is -2.42. The molecule has 0 amide bonds. The Hall–Kier alpha value is -1.92. The molecule has 4 aliphatic rings. The van der Waals surface area contributed by atoms with Crippen LogP contribution in [0.1, 0.15) is 12.8 Å². The number of piperidine rings is 1. The summed E-state index contributed by atoms with van der Waals surface area (Å²) in [7, 11) is 2.20. The van der Waals surface area contributed by atoms with Crippen molar-refractivity contribution in [1.82, 2.24) is 19.8 Å². The normalized spacial score (nSPS) is 29.0. The number of nitrogens with zero attached hydrogens (tertiary/aromatic N) is 5. The molecule has 4 fully saturated rings. The number of aromatic nitrogens is 2. The third-order valence-electron chi connectivity index (χ3n) is 8.04. The van der Waals surface area contributed by atoms with Crippen LogP contribution in [0.25, 0.3) is 0 Å². The summed E-state index contributed by atoms with van der Waals surface area (Å²) in [6, 6.07) is 6.69. The van der Waals surface area contributed by atoms with E-state index in [1.54, 1.807) is 0 Å². The molecule has 6 rings (SSSR count). The number of piperazine rings is 1. The Bertz CT molecular complexity index is 1130. The molecule has 10 nitrogen and oxygen atoms in total. The summed E-state index contributed by atoms with van der Waals surface area (Å²) in [5, 5.41) is 14.0. The van der Waals surface area contributed by atoms with E-state index in [1.165, 1.54) is 32.1 Å². The highest BCUT2D eigenvalue weighted by atomic mass is 35.5. The second kappa shape index (κ2) is 11.3. The molecule has 0 saturated carbocycles. The predicted molar refractivity (Wildman–Crippen MR) is 146 cm³/mol. The fourth-order valence-electron chi connectivity index (χ4n) is 5.78. The Morgan fingerprint density at radius 3 is 2.53 bits per heavy atom. The first-order chi connectivity index (χ1) is 18.4. The van der Waals surface area contributed by atoms with Gasteiger partial charge in [0.2, 0.25) is 11.8 Å². The van der Waals surface area contributed by atoms with Gasteiger partial charge in [0.05, 0.1) is 30.1 Å². The molecule has 0 unspecified atom stereocenters. The largest absolute Gasteiger partial charge is 0.468 e. The van der Waals surface area contributed by atoms with Crippen LogP contribution in [0.3, 0.4) is 0 Å². The first-order valence-corrected chi connectivity index (χ1v) is 14.0. The molecule has 0 aliphatic carbocycles. The number of rotatable bonds is 6. The monoisotopic (exact) mass is 564 g/mol. The third kappa shape index (κ3) is 5.54. The number of hydrogen-bond donors (Lipinski definition) is 2. The molecule has 0 radical (unpaired) electrons. The van der Waals surface area contributed by atoms with E-state index in [4.69, 9.17) is 37.4 Å². The molecule has 4 aliphatic heterocycles. The minimum atomic E-state index is -0.653.